The lowest BCUT2D eigenvalue weighted by Crippen LogP contribution is -2.50. The van der Waals surface area contributed by atoms with Crippen LogP contribution in [0.4, 0.5) is 24.7 Å². The molecule has 0 bridgehead atoms. The van der Waals surface area contributed by atoms with Gasteiger partial charge in [0.05, 0.1) is 11.8 Å². The van der Waals surface area contributed by atoms with Crippen molar-refractivity contribution in [3.05, 3.63) is 48.2 Å². The number of rotatable bonds is 6. The third-order valence-corrected chi connectivity index (χ3v) is 12.2. The van der Waals surface area contributed by atoms with E-state index >= 15 is 0 Å². The molecule has 2 aromatic rings. The van der Waals surface area contributed by atoms with Crippen LogP contribution >= 0.6 is 0 Å². The minimum atomic E-state index is -4.39. The summed E-state index contributed by atoms with van der Waals surface area (Å²) in [5.74, 6) is 0.785. The van der Waals surface area contributed by atoms with Gasteiger partial charge in [-0.3, -0.25) is 4.72 Å². The summed E-state index contributed by atoms with van der Waals surface area (Å²) in [5, 5.41) is 0.0236. The minimum Gasteiger partial charge on any atom is -0.542 e. The van der Waals surface area contributed by atoms with Gasteiger partial charge in [0.15, 0.2) is 0 Å². The van der Waals surface area contributed by atoms with Gasteiger partial charge in [0.2, 0.25) is 0 Å². The van der Waals surface area contributed by atoms with Crippen molar-refractivity contribution in [3.63, 3.8) is 0 Å². The first-order valence-corrected chi connectivity index (χ1v) is 15.3. The monoisotopic (exact) mass is 516 g/mol. The molecule has 0 atom stereocenters. The second-order valence-electron chi connectivity index (χ2n) is 9.78. The van der Waals surface area contributed by atoms with Crippen molar-refractivity contribution in [3.8, 4) is 5.75 Å². The number of halogens is 3. The standard InChI is InChI=1S/C22H31F3N4O3SSi/c1-21(2,3)34(4,5)32-19-10-11-20(26-16-19)27-33(30,31)29-14-12-28(13-15-29)18-8-6-17(7-9-18)22(23,24)25/h6-11,16H,12-15H2,1-5H3,(H,26,27). The summed E-state index contributed by atoms with van der Waals surface area (Å²) in [6.07, 6.45) is -2.87. The Balaban J connectivity index is 1.58. The molecule has 1 fully saturated rings. The van der Waals surface area contributed by atoms with Crippen LogP contribution < -0.4 is 14.0 Å². The van der Waals surface area contributed by atoms with Crippen LogP contribution in [0.1, 0.15) is 26.3 Å². The van der Waals surface area contributed by atoms with E-state index in [9.17, 15) is 21.6 Å². The normalized spacial score (nSPS) is 16.4. The Labute approximate surface area is 200 Å². The molecule has 188 valence electrons. The molecule has 1 aliphatic rings. The summed E-state index contributed by atoms with van der Waals surface area (Å²) in [4.78, 5) is 6.05. The number of hydrogen-bond acceptors (Lipinski definition) is 5. The van der Waals surface area contributed by atoms with Gasteiger partial charge in [0.1, 0.15) is 11.6 Å². The van der Waals surface area contributed by atoms with Crippen LogP contribution in [0.2, 0.25) is 18.1 Å². The number of alkyl halides is 3. The number of aromatic nitrogens is 1. The van der Waals surface area contributed by atoms with E-state index in [0.717, 1.165) is 12.1 Å². The van der Waals surface area contributed by atoms with E-state index in [1.807, 2.05) is 4.90 Å². The third-order valence-electron chi connectivity index (χ3n) is 6.29. The molecule has 1 aliphatic heterocycles. The third kappa shape index (κ3) is 6.22. The van der Waals surface area contributed by atoms with E-state index in [1.165, 1.54) is 22.6 Å². The van der Waals surface area contributed by atoms with Crippen molar-refractivity contribution in [2.24, 2.45) is 0 Å². The van der Waals surface area contributed by atoms with Gasteiger partial charge in [-0.05, 0) is 54.5 Å². The van der Waals surface area contributed by atoms with Gasteiger partial charge in [-0.2, -0.15) is 25.9 Å². The van der Waals surface area contributed by atoms with E-state index in [2.05, 4.69) is 43.6 Å². The second kappa shape index (κ2) is 9.38. The molecule has 1 saturated heterocycles. The molecule has 0 spiro atoms. The Bertz CT molecular complexity index is 1080. The maximum absolute atomic E-state index is 12.8. The van der Waals surface area contributed by atoms with Crippen LogP contribution in [0.3, 0.4) is 0 Å². The predicted molar refractivity (Wildman–Crippen MR) is 130 cm³/mol. The molecular weight excluding hydrogens is 485 g/mol. The molecule has 1 aromatic carbocycles. The second-order valence-corrected chi connectivity index (χ2v) is 16.2. The first-order chi connectivity index (χ1) is 15.6. The summed E-state index contributed by atoms with van der Waals surface area (Å²) < 4.78 is 73.8. The molecule has 0 unspecified atom stereocenters. The topological polar surface area (TPSA) is 74.8 Å². The lowest BCUT2D eigenvalue weighted by Gasteiger charge is -2.36. The largest absolute Gasteiger partial charge is 0.542 e. The van der Waals surface area contributed by atoms with Gasteiger partial charge in [-0.25, -0.2) is 4.98 Å². The number of hydrogen-bond donors (Lipinski definition) is 1. The zero-order chi connectivity index (χ0) is 25.4. The Morgan fingerprint density at radius 2 is 1.56 bits per heavy atom. The highest BCUT2D eigenvalue weighted by Crippen LogP contribution is 2.37. The fourth-order valence-corrected chi connectivity index (χ4v) is 5.37. The molecule has 34 heavy (non-hydrogen) atoms. The molecule has 2 heterocycles. The summed E-state index contributed by atoms with van der Waals surface area (Å²) in [6.45, 7) is 11.7. The first kappa shape index (κ1) is 26.3. The van der Waals surface area contributed by atoms with Crippen LogP contribution in [0.15, 0.2) is 42.6 Å². The van der Waals surface area contributed by atoms with Crippen molar-refractivity contribution in [2.75, 3.05) is 35.8 Å². The molecule has 0 saturated carbocycles. The van der Waals surface area contributed by atoms with Crippen molar-refractivity contribution in [1.29, 1.82) is 0 Å². The van der Waals surface area contributed by atoms with Crippen molar-refractivity contribution in [1.82, 2.24) is 9.29 Å². The predicted octanol–water partition coefficient (Wildman–Crippen LogP) is 4.96. The van der Waals surface area contributed by atoms with Crippen LogP contribution in [0.25, 0.3) is 0 Å². The molecule has 1 N–H and O–H groups in total. The van der Waals surface area contributed by atoms with E-state index in [0.29, 0.717) is 24.5 Å². The number of piperazine rings is 1. The number of benzene rings is 1. The summed E-state index contributed by atoms with van der Waals surface area (Å²) in [6, 6.07) is 8.14. The van der Waals surface area contributed by atoms with Crippen LogP contribution in [-0.2, 0) is 16.4 Å². The molecule has 0 amide bonds. The van der Waals surface area contributed by atoms with Gasteiger partial charge < -0.3 is 9.33 Å². The Morgan fingerprint density at radius 1 is 0.971 bits per heavy atom. The SMILES string of the molecule is CC(C)(C)[Si](C)(C)Oc1ccc(NS(=O)(=O)N2CCN(c3ccc(C(F)(F)F)cc3)CC2)nc1. The minimum absolute atomic E-state index is 0.0236. The molecule has 0 radical (unpaired) electrons. The molecule has 1 aromatic heterocycles. The van der Waals surface area contributed by atoms with Gasteiger partial charge in [0, 0.05) is 31.9 Å². The highest BCUT2D eigenvalue weighted by Gasteiger charge is 2.39. The lowest BCUT2D eigenvalue weighted by atomic mass is 10.2. The average molecular weight is 517 g/mol. The van der Waals surface area contributed by atoms with Crippen molar-refractivity contribution < 1.29 is 26.0 Å². The van der Waals surface area contributed by atoms with Gasteiger partial charge in [-0.15, -0.1) is 0 Å². The van der Waals surface area contributed by atoms with Gasteiger partial charge >= 0.3 is 16.4 Å². The maximum atomic E-state index is 12.8. The fraction of sp³-hybridized carbons (Fsp3) is 0.500. The smallest absolute Gasteiger partial charge is 0.416 e. The van der Waals surface area contributed by atoms with Crippen LogP contribution in [0, 0.1) is 0 Å². The fourth-order valence-electron chi connectivity index (χ4n) is 3.19. The lowest BCUT2D eigenvalue weighted by molar-refractivity contribution is -0.137. The van der Waals surface area contributed by atoms with Gasteiger partial charge in [-0.1, -0.05) is 20.8 Å². The van der Waals surface area contributed by atoms with Gasteiger partial charge in [0.25, 0.3) is 8.32 Å². The van der Waals surface area contributed by atoms with E-state index < -0.39 is 30.3 Å². The van der Waals surface area contributed by atoms with E-state index in [-0.39, 0.29) is 23.9 Å². The number of anilines is 2. The van der Waals surface area contributed by atoms with Crippen LogP contribution in [0.5, 0.6) is 5.75 Å². The number of nitrogens with one attached hydrogen (secondary N) is 1. The molecule has 0 aliphatic carbocycles. The van der Waals surface area contributed by atoms with Crippen LogP contribution in [-0.4, -0.2) is 52.2 Å². The highest BCUT2D eigenvalue weighted by molar-refractivity contribution is 7.90. The summed E-state index contributed by atoms with van der Waals surface area (Å²) >= 11 is 0. The van der Waals surface area contributed by atoms with Crippen molar-refractivity contribution >= 4 is 30.0 Å². The summed E-state index contributed by atoms with van der Waals surface area (Å²) in [7, 11) is -5.86. The summed E-state index contributed by atoms with van der Waals surface area (Å²) in [5.41, 5.74) is -0.0908. The van der Waals surface area contributed by atoms with E-state index in [1.54, 1.807) is 12.1 Å². The zero-order valence-corrected chi connectivity index (χ0v) is 21.8. The molecule has 12 heteroatoms. The highest BCUT2D eigenvalue weighted by atomic mass is 32.2. The molecule has 3 rings (SSSR count). The number of pyridine rings is 1. The first-order valence-electron chi connectivity index (χ1n) is 10.9. The Morgan fingerprint density at radius 3 is 2.03 bits per heavy atom. The molecular formula is C22H31F3N4O3SSi. The maximum Gasteiger partial charge on any atom is 0.416 e. The quantitative estimate of drug-likeness (QED) is 0.549. The molecule has 7 nitrogen and oxygen atoms in total. The number of nitrogens with zero attached hydrogens (tertiary/aromatic N) is 3. The zero-order valence-electron chi connectivity index (χ0n) is 20.0. The van der Waals surface area contributed by atoms with Crippen molar-refractivity contribution in [2.45, 2.75) is 45.1 Å². The Hall–Kier alpha value is -2.31. The Kier molecular flexibility index (Phi) is 7.26. The average Bonchev–Trinajstić information content (AvgIpc) is 2.73. The van der Waals surface area contributed by atoms with E-state index in [4.69, 9.17) is 4.43 Å².